The highest BCUT2D eigenvalue weighted by molar-refractivity contribution is 5.72. The van der Waals surface area contributed by atoms with Crippen molar-refractivity contribution in [2.24, 2.45) is 0 Å². The summed E-state index contributed by atoms with van der Waals surface area (Å²) in [6, 6.07) is 5.99. The first-order chi connectivity index (χ1) is 8.45. The SMILES string of the molecule is CCCC(Oc1cc(C(C)C)ccc1C)C(=O)O. The van der Waals surface area contributed by atoms with Gasteiger partial charge in [-0.25, -0.2) is 4.79 Å². The van der Waals surface area contributed by atoms with Crippen LogP contribution in [0.15, 0.2) is 18.2 Å². The Kier molecular flexibility index (Phi) is 5.20. The molecule has 3 nitrogen and oxygen atoms in total. The molecule has 100 valence electrons. The van der Waals surface area contributed by atoms with Gasteiger partial charge in [-0.05, 0) is 36.5 Å². The molecule has 0 saturated carbocycles. The molecule has 0 fully saturated rings. The van der Waals surface area contributed by atoms with Gasteiger partial charge in [0.2, 0.25) is 0 Å². The van der Waals surface area contributed by atoms with E-state index in [0.29, 0.717) is 18.1 Å². The van der Waals surface area contributed by atoms with Crippen molar-refractivity contribution in [3.8, 4) is 5.75 Å². The van der Waals surface area contributed by atoms with Crippen molar-refractivity contribution in [1.29, 1.82) is 0 Å². The average molecular weight is 250 g/mol. The van der Waals surface area contributed by atoms with E-state index in [1.165, 1.54) is 0 Å². The molecule has 0 aliphatic carbocycles. The van der Waals surface area contributed by atoms with Crippen LogP contribution in [0.2, 0.25) is 0 Å². The minimum absolute atomic E-state index is 0.405. The van der Waals surface area contributed by atoms with E-state index in [-0.39, 0.29) is 0 Å². The maximum Gasteiger partial charge on any atom is 0.344 e. The minimum atomic E-state index is -0.897. The van der Waals surface area contributed by atoms with Crippen LogP contribution in [0.25, 0.3) is 0 Å². The quantitative estimate of drug-likeness (QED) is 0.836. The van der Waals surface area contributed by atoms with Gasteiger partial charge in [0, 0.05) is 0 Å². The Morgan fingerprint density at radius 2 is 2.06 bits per heavy atom. The van der Waals surface area contributed by atoms with Gasteiger partial charge in [-0.1, -0.05) is 39.3 Å². The van der Waals surface area contributed by atoms with Crippen molar-refractivity contribution < 1.29 is 14.6 Å². The van der Waals surface area contributed by atoms with Gasteiger partial charge in [0.25, 0.3) is 0 Å². The van der Waals surface area contributed by atoms with Crippen LogP contribution >= 0.6 is 0 Å². The van der Waals surface area contributed by atoms with E-state index < -0.39 is 12.1 Å². The van der Waals surface area contributed by atoms with E-state index in [1.54, 1.807) is 0 Å². The summed E-state index contributed by atoms with van der Waals surface area (Å²) < 4.78 is 5.64. The second-order valence-corrected chi connectivity index (χ2v) is 4.91. The fraction of sp³-hybridized carbons (Fsp3) is 0.533. The normalized spacial score (nSPS) is 12.5. The molecule has 1 rings (SSSR count). The van der Waals surface area contributed by atoms with E-state index in [4.69, 9.17) is 9.84 Å². The molecule has 0 spiro atoms. The van der Waals surface area contributed by atoms with Gasteiger partial charge in [-0.2, -0.15) is 0 Å². The molecule has 0 amide bonds. The third kappa shape index (κ3) is 3.76. The fourth-order valence-corrected chi connectivity index (χ4v) is 1.75. The van der Waals surface area contributed by atoms with Gasteiger partial charge < -0.3 is 9.84 Å². The van der Waals surface area contributed by atoms with Crippen molar-refractivity contribution >= 4 is 5.97 Å². The molecule has 0 bridgehead atoms. The summed E-state index contributed by atoms with van der Waals surface area (Å²) in [6.45, 7) is 8.10. The summed E-state index contributed by atoms with van der Waals surface area (Å²) in [5, 5.41) is 9.11. The molecular weight excluding hydrogens is 228 g/mol. The lowest BCUT2D eigenvalue weighted by molar-refractivity contribution is -0.145. The third-order valence-electron chi connectivity index (χ3n) is 2.97. The summed E-state index contributed by atoms with van der Waals surface area (Å²) in [5.74, 6) is 0.190. The van der Waals surface area contributed by atoms with Crippen molar-refractivity contribution in [2.45, 2.75) is 52.6 Å². The number of aliphatic carboxylic acids is 1. The van der Waals surface area contributed by atoms with Gasteiger partial charge in [-0.15, -0.1) is 0 Å². The Bertz CT molecular complexity index is 410. The molecule has 1 atom stereocenters. The maximum atomic E-state index is 11.1. The highest BCUT2D eigenvalue weighted by Gasteiger charge is 2.19. The van der Waals surface area contributed by atoms with Crippen LogP contribution in [0.3, 0.4) is 0 Å². The number of aryl methyl sites for hydroxylation is 1. The first-order valence-corrected chi connectivity index (χ1v) is 6.45. The first kappa shape index (κ1) is 14.6. The largest absolute Gasteiger partial charge is 0.479 e. The van der Waals surface area contributed by atoms with Crippen LogP contribution in [0.4, 0.5) is 0 Å². The number of carboxylic acid groups (broad SMARTS) is 1. The third-order valence-corrected chi connectivity index (χ3v) is 2.97. The highest BCUT2D eigenvalue weighted by Crippen LogP contribution is 2.25. The Balaban J connectivity index is 2.93. The van der Waals surface area contributed by atoms with Gasteiger partial charge in [-0.3, -0.25) is 0 Å². The molecule has 1 unspecified atom stereocenters. The van der Waals surface area contributed by atoms with Crippen LogP contribution in [0, 0.1) is 6.92 Å². The smallest absolute Gasteiger partial charge is 0.344 e. The lowest BCUT2D eigenvalue weighted by atomic mass is 10.0. The molecule has 0 heterocycles. The van der Waals surface area contributed by atoms with Gasteiger partial charge >= 0.3 is 5.97 Å². The first-order valence-electron chi connectivity index (χ1n) is 6.45. The Morgan fingerprint density at radius 1 is 1.39 bits per heavy atom. The predicted octanol–water partition coefficient (Wildman–Crippen LogP) is 3.75. The number of carbonyl (C=O) groups is 1. The zero-order valence-corrected chi connectivity index (χ0v) is 11.6. The summed E-state index contributed by atoms with van der Waals surface area (Å²) >= 11 is 0. The highest BCUT2D eigenvalue weighted by atomic mass is 16.5. The zero-order valence-electron chi connectivity index (χ0n) is 11.6. The molecule has 3 heteroatoms. The molecule has 18 heavy (non-hydrogen) atoms. The summed E-state index contributed by atoms with van der Waals surface area (Å²) in [5.41, 5.74) is 2.14. The van der Waals surface area contributed by atoms with Gasteiger partial charge in [0.1, 0.15) is 5.75 Å². The van der Waals surface area contributed by atoms with Crippen molar-refractivity contribution in [2.75, 3.05) is 0 Å². The standard InChI is InChI=1S/C15H22O3/c1-5-6-13(15(16)17)18-14-9-12(10(2)3)8-7-11(14)4/h7-10,13H,5-6H2,1-4H3,(H,16,17). The minimum Gasteiger partial charge on any atom is -0.479 e. The summed E-state index contributed by atoms with van der Waals surface area (Å²) in [4.78, 5) is 11.1. The topological polar surface area (TPSA) is 46.5 Å². The molecule has 0 saturated heterocycles. The number of hydrogen-bond donors (Lipinski definition) is 1. The summed E-state index contributed by atoms with van der Waals surface area (Å²) in [7, 11) is 0. The fourth-order valence-electron chi connectivity index (χ4n) is 1.75. The van der Waals surface area contributed by atoms with Crippen molar-refractivity contribution in [3.63, 3.8) is 0 Å². The van der Waals surface area contributed by atoms with Crippen molar-refractivity contribution in [3.05, 3.63) is 29.3 Å². The van der Waals surface area contributed by atoms with Crippen LogP contribution in [-0.4, -0.2) is 17.2 Å². The molecule has 0 radical (unpaired) electrons. The average Bonchev–Trinajstić information content (AvgIpc) is 2.30. The number of hydrogen-bond acceptors (Lipinski definition) is 2. The van der Waals surface area contributed by atoms with Crippen LogP contribution in [-0.2, 0) is 4.79 Å². The van der Waals surface area contributed by atoms with Crippen LogP contribution in [0.1, 0.15) is 50.7 Å². The summed E-state index contributed by atoms with van der Waals surface area (Å²) in [6.07, 6.45) is 0.566. The van der Waals surface area contributed by atoms with Crippen LogP contribution in [0.5, 0.6) is 5.75 Å². The van der Waals surface area contributed by atoms with Crippen LogP contribution < -0.4 is 4.74 Å². The Labute approximate surface area is 109 Å². The molecule has 1 aromatic rings. The van der Waals surface area contributed by atoms with Gasteiger partial charge in [0.05, 0.1) is 0 Å². The maximum absolute atomic E-state index is 11.1. The predicted molar refractivity (Wildman–Crippen MR) is 72.2 cm³/mol. The molecule has 0 aliphatic rings. The lowest BCUT2D eigenvalue weighted by Crippen LogP contribution is -2.27. The molecule has 1 aromatic carbocycles. The van der Waals surface area contributed by atoms with Crippen molar-refractivity contribution in [1.82, 2.24) is 0 Å². The molecule has 0 aromatic heterocycles. The molecule has 1 N–H and O–H groups in total. The van der Waals surface area contributed by atoms with Gasteiger partial charge in [0.15, 0.2) is 6.10 Å². The molecule has 0 aliphatic heterocycles. The number of rotatable bonds is 6. The number of carboxylic acids is 1. The van der Waals surface area contributed by atoms with E-state index in [0.717, 1.165) is 17.5 Å². The Hall–Kier alpha value is -1.51. The zero-order chi connectivity index (χ0) is 13.7. The monoisotopic (exact) mass is 250 g/mol. The van der Waals surface area contributed by atoms with E-state index in [2.05, 4.69) is 19.9 Å². The van der Waals surface area contributed by atoms with E-state index in [1.807, 2.05) is 26.0 Å². The number of ether oxygens (including phenoxy) is 1. The Morgan fingerprint density at radius 3 is 2.56 bits per heavy atom. The van der Waals surface area contributed by atoms with E-state index >= 15 is 0 Å². The second kappa shape index (κ2) is 6.43. The second-order valence-electron chi connectivity index (χ2n) is 4.91. The lowest BCUT2D eigenvalue weighted by Gasteiger charge is -2.17. The molecular formula is C15H22O3. The number of benzene rings is 1. The van der Waals surface area contributed by atoms with E-state index in [9.17, 15) is 4.79 Å².